The fourth-order valence-electron chi connectivity index (χ4n) is 0.981. The maximum atomic E-state index is 8.93. The van der Waals surface area contributed by atoms with Gasteiger partial charge in [-0.15, -0.1) is 0 Å². The molecule has 0 atom stereocenters. The second kappa shape index (κ2) is 7.48. The van der Waals surface area contributed by atoms with Gasteiger partial charge in [-0.25, -0.2) is 0 Å². The van der Waals surface area contributed by atoms with Crippen LogP contribution in [0.4, 0.5) is 0 Å². The molecule has 6 nitrogen and oxygen atoms in total. The van der Waals surface area contributed by atoms with Crippen molar-refractivity contribution in [3.8, 4) is 0 Å². The molecular formula is C7H17O6P. The van der Waals surface area contributed by atoms with Crippen LogP contribution >= 0.6 is 8.60 Å². The van der Waals surface area contributed by atoms with Crippen molar-refractivity contribution in [3.63, 3.8) is 0 Å². The summed E-state index contributed by atoms with van der Waals surface area (Å²) in [4.78, 5) is 16.8. The second-order valence-electron chi connectivity index (χ2n) is 3.16. The summed E-state index contributed by atoms with van der Waals surface area (Å²) in [5.41, 5.74) is -0.906. The number of rotatable bonds is 8. The first kappa shape index (κ1) is 14.2. The van der Waals surface area contributed by atoms with Crippen molar-refractivity contribution in [2.75, 3.05) is 26.4 Å². The van der Waals surface area contributed by atoms with E-state index in [4.69, 9.17) is 25.1 Å². The zero-order valence-corrected chi connectivity index (χ0v) is 8.73. The number of aliphatic hydroxyl groups excluding tert-OH is 3. The Morgan fingerprint density at radius 3 is 1.86 bits per heavy atom. The lowest BCUT2D eigenvalue weighted by atomic mass is 9.86. The van der Waals surface area contributed by atoms with Crippen molar-refractivity contribution in [1.82, 2.24) is 0 Å². The van der Waals surface area contributed by atoms with E-state index in [1.54, 1.807) is 0 Å². The maximum absolute atomic E-state index is 8.93. The van der Waals surface area contributed by atoms with Crippen LogP contribution in [-0.2, 0) is 4.52 Å². The fraction of sp³-hybridized carbons (Fsp3) is 1.00. The van der Waals surface area contributed by atoms with Crippen LogP contribution in [0.25, 0.3) is 0 Å². The van der Waals surface area contributed by atoms with Gasteiger partial charge < -0.3 is 29.6 Å². The maximum Gasteiger partial charge on any atom is 0.327 e. The molecule has 0 amide bonds. The molecule has 0 saturated carbocycles. The Morgan fingerprint density at radius 2 is 1.50 bits per heavy atom. The summed E-state index contributed by atoms with van der Waals surface area (Å²) in [6.07, 6.45) is 0.793. The quantitative estimate of drug-likeness (QED) is 0.268. The molecule has 0 aromatic carbocycles. The first-order chi connectivity index (χ1) is 6.60. The summed E-state index contributed by atoms with van der Waals surface area (Å²) in [6.45, 7) is -0.812. The SMILES string of the molecule is OCC(CO)(CO)CCCOP(O)O. The number of aliphatic hydroxyl groups is 3. The van der Waals surface area contributed by atoms with Gasteiger partial charge in [-0.1, -0.05) is 0 Å². The second-order valence-corrected chi connectivity index (χ2v) is 3.93. The van der Waals surface area contributed by atoms with E-state index in [0.717, 1.165) is 0 Å². The molecule has 0 rings (SSSR count). The molecule has 7 heteroatoms. The molecule has 86 valence electrons. The smallest absolute Gasteiger partial charge is 0.327 e. The Morgan fingerprint density at radius 1 is 1.00 bits per heavy atom. The molecular weight excluding hydrogens is 211 g/mol. The molecule has 0 radical (unpaired) electrons. The largest absolute Gasteiger partial charge is 0.396 e. The number of hydrogen-bond acceptors (Lipinski definition) is 6. The van der Waals surface area contributed by atoms with E-state index >= 15 is 0 Å². The Hall–Kier alpha value is 0.190. The van der Waals surface area contributed by atoms with Crippen molar-refractivity contribution < 1.29 is 29.6 Å². The summed E-state index contributed by atoms with van der Waals surface area (Å²) in [5, 5.41) is 26.8. The molecule has 0 aromatic heterocycles. The molecule has 14 heavy (non-hydrogen) atoms. The van der Waals surface area contributed by atoms with E-state index in [1.807, 2.05) is 0 Å². The molecule has 0 saturated heterocycles. The first-order valence-electron chi connectivity index (χ1n) is 4.23. The Labute approximate surface area is 83.8 Å². The molecule has 0 aromatic rings. The van der Waals surface area contributed by atoms with E-state index in [-0.39, 0.29) is 26.4 Å². The van der Waals surface area contributed by atoms with Gasteiger partial charge in [0, 0.05) is 5.41 Å². The summed E-state index contributed by atoms with van der Waals surface area (Å²) >= 11 is 0. The topological polar surface area (TPSA) is 110 Å². The van der Waals surface area contributed by atoms with Gasteiger partial charge in [0.15, 0.2) is 0 Å². The normalized spacial score (nSPS) is 12.4. The van der Waals surface area contributed by atoms with Crippen LogP contribution in [0.1, 0.15) is 12.8 Å². The van der Waals surface area contributed by atoms with Crippen LogP contribution in [0.2, 0.25) is 0 Å². The first-order valence-corrected chi connectivity index (χ1v) is 5.40. The molecule has 5 N–H and O–H groups in total. The summed E-state index contributed by atoms with van der Waals surface area (Å²) in [7, 11) is -2.35. The van der Waals surface area contributed by atoms with Gasteiger partial charge in [0.25, 0.3) is 0 Å². The highest BCUT2D eigenvalue weighted by molar-refractivity contribution is 7.39. The fourth-order valence-corrected chi connectivity index (χ4v) is 1.27. The minimum absolute atomic E-state index is 0.125. The lowest BCUT2D eigenvalue weighted by Crippen LogP contribution is -2.34. The highest BCUT2D eigenvalue weighted by atomic mass is 31.2. The van der Waals surface area contributed by atoms with Crippen LogP contribution in [-0.4, -0.2) is 51.5 Å². The van der Waals surface area contributed by atoms with Crippen molar-refractivity contribution >= 4 is 8.60 Å². The highest BCUT2D eigenvalue weighted by Gasteiger charge is 2.27. The minimum atomic E-state index is -2.35. The lowest BCUT2D eigenvalue weighted by Gasteiger charge is -2.26. The van der Waals surface area contributed by atoms with Crippen LogP contribution in [0.15, 0.2) is 0 Å². The summed E-state index contributed by atoms with van der Waals surface area (Å²) in [5.74, 6) is 0. The Balaban J connectivity index is 3.71. The van der Waals surface area contributed by atoms with Crippen LogP contribution < -0.4 is 0 Å². The molecule has 0 bridgehead atoms. The molecule has 0 aliphatic heterocycles. The predicted octanol–water partition coefficient (Wildman–Crippen LogP) is -1.04. The van der Waals surface area contributed by atoms with Gasteiger partial charge in [0.05, 0.1) is 26.4 Å². The minimum Gasteiger partial charge on any atom is -0.396 e. The van der Waals surface area contributed by atoms with Gasteiger partial charge >= 0.3 is 8.60 Å². The molecule has 0 spiro atoms. The van der Waals surface area contributed by atoms with Gasteiger partial charge in [0.1, 0.15) is 0 Å². The van der Waals surface area contributed by atoms with E-state index in [2.05, 4.69) is 4.52 Å². The van der Waals surface area contributed by atoms with E-state index in [1.165, 1.54) is 0 Å². The van der Waals surface area contributed by atoms with E-state index in [9.17, 15) is 0 Å². The van der Waals surface area contributed by atoms with Crippen molar-refractivity contribution in [2.45, 2.75) is 12.8 Å². The van der Waals surface area contributed by atoms with Gasteiger partial charge in [-0.3, -0.25) is 0 Å². The zero-order valence-electron chi connectivity index (χ0n) is 7.83. The standard InChI is InChI=1S/C7H17O6P/c8-4-7(5-9,6-10)2-1-3-13-14(11)12/h8-12H,1-6H2. The third-order valence-corrected chi connectivity index (χ3v) is 2.48. The number of hydrogen-bond donors (Lipinski definition) is 5. The van der Waals surface area contributed by atoms with E-state index < -0.39 is 14.0 Å². The van der Waals surface area contributed by atoms with Gasteiger partial charge in [-0.2, -0.15) is 0 Å². The average molecular weight is 228 g/mol. The van der Waals surface area contributed by atoms with Crippen molar-refractivity contribution in [2.24, 2.45) is 5.41 Å². The van der Waals surface area contributed by atoms with Gasteiger partial charge in [-0.05, 0) is 12.8 Å². The summed E-state index contributed by atoms with van der Waals surface area (Å²) < 4.78 is 4.50. The molecule has 0 unspecified atom stereocenters. The third-order valence-electron chi connectivity index (χ3n) is 2.06. The van der Waals surface area contributed by atoms with Crippen molar-refractivity contribution in [1.29, 1.82) is 0 Å². The predicted molar refractivity (Wildman–Crippen MR) is 50.2 cm³/mol. The summed E-state index contributed by atoms with van der Waals surface area (Å²) in [6, 6.07) is 0. The highest BCUT2D eigenvalue weighted by Crippen LogP contribution is 2.27. The third kappa shape index (κ3) is 5.17. The van der Waals surface area contributed by atoms with Gasteiger partial charge in [0.2, 0.25) is 0 Å². The molecule has 0 aliphatic carbocycles. The zero-order chi connectivity index (χ0) is 11.0. The molecule has 0 aliphatic rings. The average Bonchev–Trinajstić information content (AvgIpc) is 2.19. The molecule has 0 heterocycles. The van der Waals surface area contributed by atoms with E-state index in [0.29, 0.717) is 12.8 Å². The van der Waals surface area contributed by atoms with Crippen molar-refractivity contribution in [3.05, 3.63) is 0 Å². The molecule has 0 fully saturated rings. The Bertz CT molecular complexity index is 130. The Kier molecular flexibility index (Phi) is 7.58. The van der Waals surface area contributed by atoms with Crippen LogP contribution in [0.5, 0.6) is 0 Å². The van der Waals surface area contributed by atoms with Crippen LogP contribution in [0, 0.1) is 5.41 Å². The van der Waals surface area contributed by atoms with Crippen LogP contribution in [0.3, 0.4) is 0 Å². The lowest BCUT2D eigenvalue weighted by molar-refractivity contribution is -0.00409. The monoisotopic (exact) mass is 228 g/mol.